The van der Waals surface area contributed by atoms with Crippen molar-refractivity contribution in [3.05, 3.63) is 58.1 Å². The van der Waals surface area contributed by atoms with Crippen LogP contribution < -0.4 is 19.7 Å². The highest BCUT2D eigenvalue weighted by Crippen LogP contribution is 2.35. The molecule has 0 radical (unpaired) electrons. The van der Waals surface area contributed by atoms with Crippen LogP contribution in [0.1, 0.15) is 22.0 Å². The Morgan fingerprint density at radius 1 is 1.12 bits per heavy atom. The van der Waals surface area contributed by atoms with E-state index in [1.807, 2.05) is 30.3 Å². The number of amides is 1. The van der Waals surface area contributed by atoms with Crippen LogP contribution in [-0.2, 0) is 0 Å². The summed E-state index contributed by atoms with van der Waals surface area (Å²) in [5, 5.41) is 3.12. The van der Waals surface area contributed by atoms with Crippen LogP contribution in [0.15, 0.2) is 46.9 Å². The predicted octanol–water partition coefficient (Wildman–Crippen LogP) is 2.08. The lowest BCUT2D eigenvalue weighted by Crippen LogP contribution is -3.06. The summed E-state index contributed by atoms with van der Waals surface area (Å²) in [5.74, 6) is 0.942. The maximum absolute atomic E-state index is 12.8. The number of likely N-dealkylation sites (N-methyl/N-ethyl adjacent to an activating group) is 1. The average Bonchev–Trinajstić information content (AvgIpc) is 2.61. The number of hydrogen-bond acceptors (Lipinski definition) is 3. The molecule has 0 aliphatic rings. The molecule has 0 bridgehead atoms. The summed E-state index contributed by atoms with van der Waals surface area (Å²) in [4.78, 5) is 14.1. The van der Waals surface area contributed by atoms with Crippen molar-refractivity contribution in [3.8, 4) is 11.5 Å². The predicted molar refractivity (Wildman–Crippen MR) is 102 cm³/mol. The molecule has 2 N–H and O–H groups in total. The number of quaternary nitrogens is 1. The van der Waals surface area contributed by atoms with Crippen LogP contribution in [0.2, 0.25) is 0 Å². The van der Waals surface area contributed by atoms with E-state index in [1.54, 1.807) is 26.4 Å². The molecule has 0 aromatic heterocycles. The van der Waals surface area contributed by atoms with Crippen molar-refractivity contribution in [1.82, 2.24) is 5.32 Å². The van der Waals surface area contributed by atoms with E-state index in [9.17, 15) is 4.79 Å². The summed E-state index contributed by atoms with van der Waals surface area (Å²) >= 11 is 3.42. The SMILES string of the molecule is COc1cc(C(=O)N[C@H](C[NH+](C)C)c2ccccc2)cc(OC)c1Br. The summed E-state index contributed by atoms with van der Waals surface area (Å²) in [6.45, 7) is 0.778. The lowest BCUT2D eigenvalue weighted by Gasteiger charge is -2.21. The van der Waals surface area contributed by atoms with Gasteiger partial charge in [-0.25, -0.2) is 0 Å². The molecule has 0 saturated carbocycles. The summed E-state index contributed by atoms with van der Waals surface area (Å²) in [6.07, 6.45) is 0. The fourth-order valence-electron chi connectivity index (χ4n) is 2.59. The van der Waals surface area contributed by atoms with Gasteiger partial charge in [-0.15, -0.1) is 0 Å². The zero-order chi connectivity index (χ0) is 18.4. The minimum Gasteiger partial charge on any atom is -0.495 e. The number of ether oxygens (including phenoxy) is 2. The third-order valence-electron chi connectivity index (χ3n) is 3.83. The first-order valence-corrected chi connectivity index (χ1v) is 8.82. The van der Waals surface area contributed by atoms with Crippen LogP contribution in [0.4, 0.5) is 0 Å². The normalized spacial score (nSPS) is 11.9. The Bertz CT molecular complexity index is 695. The Kier molecular flexibility index (Phi) is 6.84. The molecule has 2 rings (SSSR count). The van der Waals surface area contributed by atoms with Crippen molar-refractivity contribution in [2.45, 2.75) is 6.04 Å². The van der Waals surface area contributed by atoms with Gasteiger partial charge in [0.2, 0.25) is 0 Å². The second-order valence-electron chi connectivity index (χ2n) is 6.04. The zero-order valence-corrected chi connectivity index (χ0v) is 16.5. The largest absolute Gasteiger partial charge is 0.495 e. The number of methoxy groups -OCH3 is 2. The van der Waals surface area contributed by atoms with Gasteiger partial charge in [0.25, 0.3) is 5.91 Å². The number of carbonyl (C=O) groups excluding carboxylic acids is 1. The molecule has 0 unspecified atom stereocenters. The number of carbonyl (C=O) groups is 1. The van der Waals surface area contributed by atoms with E-state index < -0.39 is 0 Å². The van der Waals surface area contributed by atoms with Crippen LogP contribution in [0, 0.1) is 0 Å². The van der Waals surface area contributed by atoms with E-state index in [0.717, 1.165) is 12.1 Å². The van der Waals surface area contributed by atoms with Crippen molar-refractivity contribution in [3.63, 3.8) is 0 Å². The number of rotatable bonds is 7. The molecule has 0 heterocycles. The van der Waals surface area contributed by atoms with Gasteiger partial charge in [-0.2, -0.15) is 0 Å². The highest BCUT2D eigenvalue weighted by atomic mass is 79.9. The van der Waals surface area contributed by atoms with Gasteiger partial charge >= 0.3 is 0 Å². The Morgan fingerprint density at radius 3 is 2.16 bits per heavy atom. The standard InChI is InChI=1S/C19H23BrN2O3/c1-22(2)12-15(13-8-6-5-7-9-13)21-19(23)14-10-16(24-3)18(20)17(11-14)25-4/h5-11,15H,12H2,1-4H3,(H,21,23)/p+1/t15-/m1/s1. The maximum atomic E-state index is 12.8. The summed E-state index contributed by atoms with van der Waals surface area (Å²) in [7, 11) is 7.24. The fourth-order valence-corrected chi connectivity index (χ4v) is 3.14. The second kappa shape index (κ2) is 8.87. The van der Waals surface area contributed by atoms with Gasteiger partial charge in [-0.1, -0.05) is 30.3 Å². The molecule has 0 fully saturated rings. The Balaban J connectivity index is 2.29. The third kappa shape index (κ3) is 4.96. The quantitative estimate of drug-likeness (QED) is 0.738. The molecule has 6 heteroatoms. The van der Waals surface area contributed by atoms with E-state index in [1.165, 1.54) is 4.90 Å². The van der Waals surface area contributed by atoms with Gasteiger partial charge in [-0.05, 0) is 33.6 Å². The molecule has 25 heavy (non-hydrogen) atoms. The van der Waals surface area contributed by atoms with E-state index in [0.29, 0.717) is 21.5 Å². The topological polar surface area (TPSA) is 52.0 Å². The molecular weight excluding hydrogens is 384 g/mol. The third-order valence-corrected chi connectivity index (χ3v) is 4.61. The molecule has 134 valence electrons. The molecular formula is C19H24BrN2O3+. The number of hydrogen-bond donors (Lipinski definition) is 2. The maximum Gasteiger partial charge on any atom is 0.252 e. The van der Waals surface area contributed by atoms with E-state index in [-0.39, 0.29) is 11.9 Å². The van der Waals surface area contributed by atoms with E-state index >= 15 is 0 Å². The Morgan fingerprint density at radius 2 is 1.68 bits per heavy atom. The highest BCUT2D eigenvalue weighted by Gasteiger charge is 2.20. The lowest BCUT2D eigenvalue weighted by molar-refractivity contribution is -0.860. The first kappa shape index (κ1) is 19.3. The van der Waals surface area contributed by atoms with Gasteiger partial charge in [0.05, 0.1) is 28.3 Å². The second-order valence-corrected chi connectivity index (χ2v) is 6.84. The van der Waals surface area contributed by atoms with Gasteiger partial charge < -0.3 is 19.7 Å². The monoisotopic (exact) mass is 407 g/mol. The van der Waals surface area contributed by atoms with E-state index in [2.05, 4.69) is 35.3 Å². The molecule has 0 aliphatic carbocycles. The molecule has 0 spiro atoms. The van der Waals surface area contributed by atoms with Crippen molar-refractivity contribution < 1.29 is 19.2 Å². The van der Waals surface area contributed by atoms with Crippen molar-refractivity contribution >= 4 is 21.8 Å². The number of nitrogens with one attached hydrogen (secondary N) is 2. The minimum absolute atomic E-state index is 0.0839. The van der Waals surface area contributed by atoms with Crippen molar-refractivity contribution in [1.29, 1.82) is 0 Å². The summed E-state index contributed by atoms with van der Waals surface area (Å²) in [5.41, 5.74) is 1.57. The van der Waals surface area contributed by atoms with Crippen LogP contribution in [0.25, 0.3) is 0 Å². The van der Waals surface area contributed by atoms with Crippen molar-refractivity contribution in [2.75, 3.05) is 34.9 Å². The first-order chi connectivity index (χ1) is 12.0. The highest BCUT2D eigenvalue weighted by molar-refractivity contribution is 9.10. The van der Waals surface area contributed by atoms with Crippen LogP contribution >= 0.6 is 15.9 Å². The molecule has 5 nitrogen and oxygen atoms in total. The molecule has 1 amide bonds. The first-order valence-electron chi connectivity index (χ1n) is 8.02. The fraction of sp³-hybridized carbons (Fsp3) is 0.316. The van der Waals surface area contributed by atoms with Crippen LogP contribution in [-0.4, -0.2) is 40.8 Å². The molecule has 0 aliphatic heterocycles. The summed E-state index contributed by atoms with van der Waals surface area (Å²) < 4.78 is 11.3. The lowest BCUT2D eigenvalue weighted by atomic mass is 10.1. The van der Waals surface area contributed by atoms with Gasteiger partial charge in [0.1, 0.15) is 28.6 Å². The smallest absolute Gasteiger partial charge is 0.252 e. The van der Waals surface area contributed by atoms with Crippen LogP contribution in [0.5, 0.6) is 11.5 Å². The minimum atomic E-state index is -0.167. The molecule has 2 aromatic carbocycles. The van der Waals surface area contributed by atoms with Gasteiger partial charge in [0.15, 0.2) is 0 Å². The molecule has 0 saturated heterocycles. The van der Waals surface area contributed by atoms with Gasteiger partial charge in [-0.3, -0.25) is 4.79 Å². The zero-order valence-electron chi connectivity index (χ0n) is 14.9. The number of benzene rings is 2. The molecule has 2 aromatic rings. The van der Waals surface area contributed by atoms with Crippen molar-refractivity contribution in [2.24, 2.45) is 0 Å². The molecule has 1 atom stereocenters. The average molecular weight is 408 g/mol. The summed E-state index contributed by atoms with van der Waals surface area (Å²) in [6, 6.07) is 13.3. The number of halogens is 1. The van der Waals surface area contributed by atoms with E-state index in [4.69, 9.17) is 9.47 Å². The Hall–Kier alpha value is -2.05. The van der Waals surface area contributed by atoms with Crippen LogP contribution in [0.3, 0.4) is 0 Å². The Labute approximate surface area is 157 Å². The van der Waals surface area contributed by atoms with Gasteiger partial charge in [0, 0.05) is 5.56 Å².